The van der Waals surface area contributed by atoms with Gasteiger partial charge in [0.15, 0.2) is 0 Å². The zero-order valence-electron chi connectivity index (χ0n) is 11.6. The van der Waals surface area contributed by atoms with E-state index in [1.807, 2.05) is 24.0 Å². The molecule has 1 aromatic carbocycles. The van der Waals surface area contributed by atoms with Gasteiger partial charge in [0.25, 0.3) is 0 Å². The second-order valence-corrected chi connectivity index (χ2v) is 5.43. The molecular formula is C15H22N2O2. The van der Waals surface area contributed by atoms with Crippen LogP contribution in [0.4, 0.5) is 0 Å². The number of amides is 1. The van der Waals surface area contributed by atoms with E-state index >= 15 is 0 Å². The first kappa shape index (κ1) is 13.9. The molecule has 3 N–H and O–H groups in total. The van der Waals surface area contributed by atoms with Gasteiger partial charge in [0.2, 0.25) is 5.91 Å². The van der Waals surface area contributed by atoms with Crippen molar-refractivity contribution in [3.05, 3.63) is 29.3 Å². The molecule has 2 atom stereocenters. The van der Waals surface area contributed by atoms with Gasteiger partial charge in [-0.05, 0) is 43.9 Å². The van der Waals surface area contributed by atoms with Gasteiger partial charge in [0.1, 0.15) is 5.75 Å². The fourth-order valence-corrected chi connectivity index (χ4v) is 2.95. The Morgan fingerprint density at radius 1 is 1.53 bits per heavy atom. The van der Waals surface area contributed by atoms with E-state index in [0.29, 0.717) is 12.5 Å². The molecule has 0 aromatic heterocycles. The summed E-state index contributed by atoms with van der Waals surface area (Å²) in [7, 11) is 0. The first-order valence-electron chi connectivity index (χ1n) is 6.79. The molecule has 0 spiro atoms. The average Bonchev–Trinajstić information content (AvgIpc) is 2.73. The monoisotopic (exact) mass is 262 g/mol. The Hall–Kier alpha value is -1.55. The third-order valence-electron chi connectivity index (χ3n) is 3.91. The van der Waals surface area contributed by atoms with Crippen LogP contribution in [-0.2, 0) is 4.79 Å². The second kappa shape index (κ2) is 5.61. The number of nitrogens with zero attached hydrogens (tertiary/aromatic N) is 1. The fourth-order valence-electron chi connectivity index (χ4n) is 2.95. The Kier molecular flexibility index (Phi) is 4.10. The summed E-state index contributed by atoms with van der Waals surface area (Å²) in [5.41, 5.74) is 7.48. The Morgan fingerprint density at radius 2 is 2.26 bits per heavy atom. The van der Waals surface area contributed by atoms with Crippen LogP contribution in [0, 0.1) is 12.8 Å². The summed E-state index contributed by atoms with van der Waals surface area (Å²) in [6.07, 6.45) is 1.81. The Labute approximate surface area is 114 Å². The molecule has 1 amide bonds. The van der Waals surface area contributed by atoms with Crippen LogP contribution in [0.25, 0.3) is 0 Å². The maximum absolute atomic E-state index is 11.8. The summed E-state index contributed by atoms with van der Waals surface area (Å²) >= 11 is 0. The summed E-state index contributed by atoms with van der Waals surface area (Å²) in [6.45, 7) is 4.91. The lowest BCUT2D eigenvalue weighted by molar-refractivity contribution is -0.129. The molecule has 4 nitrogen and oxygen atoms in total. The molecule has 1 aliphatic heterocycles. The smallest absolute Gasteiger partial charge is 0.219 e. The van der Waals surface area contributed by atoms with E-state index in [1.54, 1.807) is 13.0 Å². The van der Waals surface area contributed by atoms with E-state index in [-0.39, 0.29) is 17.7 Å². The number of phenols is 1. The summed E-state index contributed by atoms with van der Waals surface area (Å²) < 4.78 is 0. The molecule has 2 rings (SSSR count). The van der Waals surface area contributed by atoms with Crippen LogP contribution in [-0.4, -0.2) is 29.0 Å². The van der Waals surface area contributed by atoms with Crippen molar-refractivity contribution in [1.29, 1.82) is 0 Å². The molecule has 0 saturated carbocycles. The van der Waals surface area contributed by atoms with Crippen LogP contribution < -0.4 is 5.73 Å². The minimum atomic E-state index is -0.0188. The topological polar surface area (TPSA) is 66.6 Å². The number of carbonyl (C=O) groups is 1. The molecule has 2 unspecified atom stereocenters. The van der Waals surface area contributed by atoms with E-state index in [9.17, 15) is 9.90 Å². The number of aryl methyl sites for hydroxylation is 1. The lowest BCUT2D eigenvalue weighted by atomic mass is 9.96. The first-order valence-corrected chi connectivity index (χ1v) is 6.79. The maximum atomic E-state index is 11.8. The van der Waals surface area contributed by atoms with E-state index in [1.165, 1.54) is 0 Å². The van der Waals surface area contributed by atoms with Gasteiger partial charge in [-0.1, -0.05) is 12.1 Å². The molecule has 0 bridgehead atoms. The van der Waals surface area contributed by atoms with E-state index in [4.69, 9.17) is 5.73 Å². The van der Waals surface area contributed by atoms with Gasteiger partial charge in [-0.15, -0.1) is 0 Å². The standard InChI is InChI=1S/C15H22N2O2/c1-10-3-4-13(15(19)7-10)14-8-12(5-6-16)9-17(14)11(2)18/h3-4,7,12,14,19H,5-6,8-9,16H2,1-2H3. The molecule has 4 heteroatoms. The van der Waals surface area contributed by atoms with Crippen molar-refractivity contribution in [3.8, 4) is 5.75 Å². The van der Waals surface area contributed by atoms with Gasteiger partial charge < -0.3 is 15.7 Å². The predicted octanol–water partition coefficient (Wildman–Crippen LogP) is 1.96. The summed E-state index contributed by atoms with van der Waals surface area (Å²) in [4.78, 5) is 13.6. The van der Waals surface area contributed by atoms with Crippen LogP contribution >= 0.6 is 0 Å². The van der Waals surface area contributed by atoms with Crippen molar-refractivity contribution in [1.82, 2.24) is 4.90 Å². The number of hydrogen-bond donors (Lipinski definition) is 2. The molecule has 0 aliphatic carbocycles. The van der Waals surface area contributed by atoms with E-state index < -0.39 is 0 Å². The van der Waals surface area contributed by atoms with Crippen LogP contribution in [0.3, 0.4) is 0 Å². The third-order valence-corrected chi connectivity index (χ3v) is 3.91. The predicted molar refractivity (Wildman–Crippen MR) is 74.8 cm³/mol. The number of likely N-dealkylation sites (tertiary alicyclic amines) is 1. The molecular weight excluding hydrogens is 240 g/mol. The molecule has 0 radical (unpaired) electrons. The third kappa shape index (κ3) is 2.89. The Balaban J connectivity index is 2.27. The number of benzene rings is 1. The maximum Gasteiger partial charge on any atom is 0.219 e. The van der Waals surface area contributed by atoms with E-state index in [2.05, 4.69) is 0 Å². The Bertz CT molecular complexity index is 473. The largest absolute Gasteiger partial charge is 0.508 e. The highest BCUT2D eigenvalue weighted by atomic mass is 16.3. The minimum Gasteiger partial charge on any atom is -0.508 e. The lowest BCUT2D eigenvalue weighted by Gasteiger charge is -2.24. The zero-order chi connectivity index (χ0) is 14.0. The minimum absolute atomic E-state index is 0.0188. The van der Waals surface area contributed by atoms with Crippen LogP contribution in [0.5, 0.6) is 5.75 Å². The molecule has 1 fully saturated rings. The number of nitrogens with two attached hydrogens (primary N) is 1. The normalized spacial score (nSPS) is 22.8. The SMILES string of the molecule is CC(=O)N1CC(CCN)CC1c1ccc(C)cc1O. The number of carbonyl (C=O) groups excluding carboxylic acids is 1. The molecule has 1 saturated heterocycles. The summed E-state index contributed by atoms with van der Waals surface area (Å²) in [5.74, 6) is 0.772. The lowest BCUT2D eigenvalue weighted by Crippen LogP contribution is -2.29. The average molecular weight is 262 g/mol. The second-order valence-electron chi connectivity index (χ2n) is 5.43. The van der Waals surface area contributed by atoms with Gasteiger partial charge in [0, 0.05) is 19.0 Å². The highest BCUT2D eigenvalue weighted by Gasteiger charge is 2.35. The fraction of sp³-hybridized carbons (Fsp3) is 0.533. The van der Waals surface area contributed by atoms with Crippen LogP contribution in [0.15, 0.2) is 18.2 Å². The van der Waals surface area contributed by atoms with Crippen molar-refractivity contribution in [2.24, 2.45) is 11.7 Å². The van der Waals surface area contributed by atoms with E-state index in [0.717, 1.165) is 30.5 Å². The van der Waals surface area contributed by atoms with Crippen molar-refractivity contribution in [3.63, 3.8) is 0 Å². The van der Waals surface area contributed by atoms with Crippen molar-refractivity contribution >= 4 is 5.91 Å². The van der Waals surface area contributed by atoms with Crippen LogP contribution in [0.2, 0.25) is 0 Å². The zero-order valence-corrected chi connectivity index (χ0v) is 11.6. The summed E-state index contributed by atoms with van der Waals surface area (Å²) in [6, 6.07) is 5.64. The molecule has 104 valence electrons. The number of hydrogen-bond acceptors (Lipinski definition) is 3. The van der Waals surface area contributed by atoms with Gasteiger partial charge in [-0.25, -0.2) is 0 Å². The van der Waals surface area contributed by atoms with Gasteiger partial charge in [-0.2, -0.15) is 0 Å². The molecule has 1 aliphatic rings. The molecule has 1 heterocycles. The quantitative estimate of drug-likeness (QED) is 0.875. The van der Waals surface area contributed by atoms with Crippen molar-refractivity contribution < 1.29 is 9.90 Å². The summed E-state index contributed by atoms with van der Waals surface area (Å²) in [5, 5.41) is 10.1. The van der Waals surface area contributed by atoms with Crippen molar-refractivity contribution in [2.75, 3.05) is 13.1 Å². The number of aromatic hydroxyl groups is 1. The van der Waals surface area contributed by atoms with Gasteiger partial charge >= 0.3 is 0 Å². The molecule has 19 heavy (non-hydrogen) atoms. The highest BCUT2D eigenvalue weighted by Crippen LogP contribution is 2.40. The van der Waals surface area contributed by atoms with Crippen LogP contribution in [0.1, 0.15) is 36.9 Å². The highest BCUT2D eigenvalue weighted by molar-refractivity contribution is 5.74. The van der Waals surface area contributed by atoms with Crippen molar-refractivity contribution in [2.45, 2.75) is 32.7 Å². The molecule has 1 aromatic rings. The number of phenolic OH excluding ortho intramolecular Hbond substituents is 1. The number of rotatable bonds is 3. The first-order chi connectivity index (χ1) is 9.02. The van der Waals surface area contributed by atoms with Gasteiger partial charge in [-0.3, -0.25) is 4.79 Å². The Morgan fingerprint density at radius 3 is 2.84 bits per heavy atom. The van der Waals surface area contributed by atoms with Gasteiger partial charge in [0.05, 0.1) is 6.04 Å².